The van der Waals surface area contributed by atoms with Crippen LogP contribution in [0.4, 0.5) is 17.1 Å². The number of rotatable bonds is 9. The van der Waals surface area contributed by atoms with Gasteiger partial charge in [0.2, 0.25) is 0 Å². The second kappa shape index (κ2) is 12.4. The van der Waals surface area contributed by atoms with Crippen LogP contribution in [0.2, 0.25) is 0 Å². The monoisotopic (exact) mass is 619 g/mol. The van der Waals surface area contributed by atoms with E-state index >= 15 is 0 Å². The molecule has 0 aromatic heterocycles. The number of anilines is 3. The summed E-state index contributed by atoms with van der Waals surface area (Å²) in [6, 6.07) is 36.8. The minimum absolute atomic E-state index is 0.0168. The van der Waals surface area contributed by atoms with Crippen LogP contribution in [-0.4, -0.2) is 28.5 Å². The molecule has 1 aliphatic rings. The summed E-state index contributed by atoms with van der Waals surface area (Å²) in [6.07, 6.45) is -0.529. The molecule has 0 aliphatic carbocycles. The summed E-state index contributed by atoms with van der Waals surface area (Å²) >= 11 is 0. The Morgan fingerprint density at radius 3 is 2.00 bits per heavy atom. The average Bonchev–Trinajstić information content (AvgIpc) is 3.07. The fourth-order valence-corrected chi connectivity index (χ4v) is 6.59. The minimum atomic E-state index is -4.02. The molecule has 8 nitrogen and oxygen atoms in total. The van der Waals surface area contributed by atoms with Gasteiger partial charge in [0.1, 0.15) is 17.7 Å². The fourth-order valence-electron chi connectivity index (χ4n) is 5.51. The third-order valence-electron chi connectivity index (χ3n) is 7.84. The molecule has 0 fully saturated rings. The van der Waals surface area contributed by atoms with Gasteiger partial charge < -0.3 is 14.4 Å². The van der Waals surface area contributed by atoms with E-state index in [1.807, 2.05) is 85.8 Å². The molecule has 0 saturated carbocycles. The van der Waals surface area contributed by atoms with E-state index in [9.17, 15) is 13.2 Å². The van der Waals surface area contributed by atoms with Crippen molar-refractivity contribution in [2.75, 3.05) is 28.7 Å². The van der Waals surface area contributed by atoms with Crippen molar-refractivity contribution in [3.8, 4) is 11.5 Å². The number of hydrogen-bond acceptors (Lipinski definition) is 6. The van der Waals surface area contributed by atoms with E-state index in [-0.39, 0.29) is 16.4 Å². The molecule has 1 atom stereocenters. The summed E-state index contributed by atoms with van der Waals surface area (Å²) in [6.45, 7) is 2.46. The second-order valence-electron chi connectivity index (χ2n) is 10.8. The number of aryl methyl sites for hydroxylation is 1. The predicted octanol–water partition coefficient (Wildman–Crippen LogP) is 7.18. The lowest BCUT2D eigenvalue weighted by Crippen LogP contribution is -2.49. The van der Waals surface area contributed by atoms with Crippen molar-refractivity contribution in [3.63, 3.8) is 0 Å². The largest absolute Gasteiger partial charge is 0.497 e. The molecule has 0 saturated heterocycles. The van der Waals surface area contributed by atoms with Gasteiger partial charge in [-0.1, -0.05) is 60.2 Å². The van der Waals surface area contributed by atoms with Gasteiger partial charge >= 0.3 is 0 Å². The van der Waals surface area contributed by atoms with E-state index in [4.69, 9.17) is 9.47 Å². The van der Waals surface area contributed by atoms with Gasteiger partial charge in [0.25, 0.3) is 15.9 Å². The first-order chi connectivity index (χ1) is 21.8. The van der Waals surface area contributed by atoms with Crippen LogP contribution in [0.1, 0.15) is 33.2 Å². The molecule has 9 heteroatoms. The summed E-state index contributed by atoms with van der Waals surface area (Å²) in [5, 5.41) is 0. The molecule has 5 aromatic carbocycles. The maximum absolute atomic E-state index is 14.6. The lowest BCUT2D eigenvalue weighted by atomic mass is 9.98. The number of hydrogen-bond donors (Lipinski definition) is 1. The Hall–Kier alpha value is -5.28. The van der Waals surface area contributed by atoms with Crippen LogP contribution >= 0.6 is 0 Å². The number of nitrogens with zero attached hydrogens (tertiary/aromatic N) is 2. The fraction of sp³-hybridized carbons (Fsp3) is 0.139. The van der Waals surface area contributed by atoms with Crippen LogP contribution in [0, 0.1) is 6.92 Å². The highest BCUT2D eigenvalue weighted by Gasteiger charge is 2.40. The lowest BCUT2D eigenvalue weighted by molar-refractivity contribution is 0.0968. The van der Waals surface area contributed by atoms with Gasteiger partial charge in [-0.2, -0.15) is 0 Å². The lowest BCUT2D eigenvalue weighted by Gasteiger charge is -2.46. The van der Waals surface area contributed by atoms with E-state index in [1.165, 1.54) is 6.07 Å². The molecule has 6 rings (SSSR count). The maximum Gasteiger partial charge on any atom is 0.262 e. The number of nitrogens with one attached hydrogen (secondary N) is 1. The first kappa shape index (κ1) is 29.8. The zero-order chi connectivity index (χ0) is 31.6. The third-order valence-corrected chi connectivity index (χ3v) is 9.22. The minimum Gasteiger partial charge on any atom is -0.497 e. The Labute approximate surface area is 263 Å². The summed E-state index contributed by atoms with van der Waals surface area (Å²) in [7, 11) is -0.860. The van der Waals surface area contributed by atoms with E-state index < -0.39 is 16.2 Å². The number of carbonyl (C=O) groups is 1. The Kier molecular flexibility index (Phi) is 8.19. The van der Waals surface area contributed by atoms with Crippen LogP contribution in [-0.2, 0) is 16.6 Å². The van der Waals surface area contributed by atoms with Crippen molar-refractivity contribution in [1.82, 2.24) is 0 Å². The van der Waals surface area contributed by atoms with Gasteiger partial charge in [-0.25, -0.2) is 8.42 Å². The van der Waals surface area contributed by atoms with Gasteiger partial charge in [0, 0.05) is 17.9 Å². The van der Waals surface area contributed by atoms with E-state index in [2.05, 4.69) is 9.62 Å². The Bertz CT molecular complexity index is 1910. The van der Waals surface area contributed by atoms with Crippen molar-refractivity contribution in [1.29, 1.82) is 0 Å². The molecule has 5 aromatic rings. The molecule has 228 valence electrons. The Morgan fingerprint density at radius 2 is 1.38 bits per heavy atom. The van der Waals surface area contributed by atoms with Crippen molar-refractivity contribution >= 4 is 33.0 Å². The van der Waals surface area contributed by atoms with Crippen molar-refractivity contribution in [2.24, 2.45) is 0 Å². The number of fused-ring (bicyclic) bond motifs is 1. The zero-order valence-electron chi connectivity index (χ0n) is 25.2. The summed E-state index contributed by atoms with van der Waals surface area (Å²) < 4.78 is 40.3. The number of sulfonamides is 1. The molecule has 1 amide bonds. The SMILES string of the molecule is COc1ccc(NS(=O)(=O)c2ccc3c(c2)C(=O)N(c2ccc(C)cc2)[C@H](c2ccc(OC)cc2)N3Cc2ccccc2)cc1. The Morgan fingerprint density at radius 1 is 0.756 bits per heavy atom. The standard InChI is InChI=1S/C36H33N3O5S/c1-25-9-15-29(16-10-25)39-35(27-11-17-30(43-2)18-12-27)38(24-26-7-5-4-6-8-26)34-22-21-32(23-33(34)36(39)40)45(41,42)37-28-13-19-31(44-3)20-14-28/h4-23,35,37H,24H2,1-3H3/t35-/m1/s1. The Balaban J connectivity index is 1.50. The van der Waals surface area contributed by atoms with Gasteiger partial charge in [-0.15, -0.1) is 0 Å². The number of carbonyl (C=O) groups excluding carboxylic acids is 1. The van der Waals surface area contributed by atoms with Crippen LogP contribution in [0.3, 0.4) is 0 Å². The molecule has 1 aliphatic heterocycles. The summed E-state index contributed by atoms with van der Waals surface area (Å²) in [5.41, 5.74) is 4.97. The number of amides is 1. The van der Waals surface area contributed by atoms with Gasteiger partial charge in [-0.3, -0.25) is 14.4 Å². The molecule has 1 heterocycles. The topological polar surface area (TPSA) is 88.2 Å². The highest BCUT2D eigenvalue weighted by molar-refractivity contribution is 7.92. The molecule has 1 N–H and O–H groups in total. The highest BCUT2D eigenvalue weighted by Crippen LogP contribution is 2.43. The van der Waals surface area contributed by atoms with Crippen molar-refractivity contribution in [3.05, 3.63) is 144 Å². The molecule has 45 heavy (non-hydrogen) atoms. The highest BCUT2D eigenvalue weighted by atomic mass is 32.2. The van der Waals surface area contributed by atoms with Gasteiger partial charge in [-0.05, 0) is 84.8 Å². The van der Waals surface area contributed by atoms with Gasteiger partial charge in [0.05, 0.1) is 30.4 Å². The second-order valence-corrected chi connectivity index (χ2v) is 12.5. The molecular weight excluding hydrogens is 586 g/mol. The molecule has 0 unspecified atom stereocenters. The zero-order valence-corrected chi connectivity index (χ0v) is 26.0. The molecule has 0 bridgehead atoms. The smallest absolute Gasteiger partial charge is 0.262 e. The first-order valence-electron chi connectivity index (χ1n) is 14.4. The molecule has 0 radical (unpaired) electrons. The van der Waals surface area contributed by atoms with Crippen molar-refractivity contribution in [2.45, 2.75) is 24.5 Å². The normalized spacial score (nSPS) is 14.6. The first-order valence-corrected chi connectivity index (χ1v) is 15.9. The number of benzene rings is 5. The van der Waals surface area contributed by atoms with Crippen LogP contribution in [0.15, 0.2) is 126 Å². The maximum atomic E-state index is 14.6. The number of methoxy groups -OCH3 is 2. The number of ether oxygens (including phenoxy) is 2. The van der Waals surface area contributed by atoms with E-state index in [1.54, 1.807) is 55.5 Å². The summed E-state index contributed by atoms with van der Waals surface area (Å²) in [5.74, 6) is 1.01. The quantitative estimate of drug-likeness (QED) is 0.188. The average molecular weight is 620 g/mol. The van der Waals surface area contributed by atoms with Crippen molar-refractivity contribution < 1.29 is 22.7 Å². The van der Waals surface area contributed by atoms with Gasteiger partial charge in [0.15, 0.2) is 0 Å². The third kappa shape index (κ3) is 6.07. The van der Waals surface area contributed by atoms with Crippen LogP contribution in [0.25, 0.3) is 0 Å². The van der Waals surface area contributed by atoms with Crippen LogP contribution < -0.4 is 24.0 Å². The predicted molar refractivity (Wildman–Crippen MR) is 177 cm³/mol. The molecular formula is C36H33N3O5S. The molecule has 0 spiro atoms. The van der Waals surface area contributed by atoms with Crippen LogP contribution in [0.5, 0.6) is 11.5 Å². The van der Waals surface area contributed by atoms with E-state index in [0.29, 0.717) is 35.1 Å². The summed E-state index contributed by atoms with van der Waals surface area (Å²) in [4.78, 5) is 18.4. The van der Waals surface area contributed by atoms with E-state index in [0.717, 1.165) is 16.7 Å².